The van der Waals surface area contributed by atoms with Gasteiger partial charge in [-0.15, -0.1) is 0 Å². The van der Waals surface area contributed by atoms with Gasteiger partial charge in [-0.3, -0.25) is 4.79 Å². The number of amides is 1. The number of nitriles is 1. The van der Waals surface area contributed by atoms with E-state index in [1.807, 2.05) is 6.92 Å². The van der Waals surface area contributed by atoms with Gasteiger partial charge in [0.25, 0.3) is 5.91 Å². The van der Waals surface area contributed by atoms with Gasteiger partial charge in [0, 0.05) is 26.1 Å². The molecule has 1 saturated heterocycles. The maximum Gasteiger partial charge on any atom is 0.262 e. The van der Waals surface area contributed by atoms with E-state index in [1.165, 1.54) is 0 Å². The van der Waals surface area contributed by atoms with Crippen molar-refractivity contribution in [3.63, 3.8) is 0 Å². The van der Waals surface area contributed by atoms with Gasteiger partial charge in [0.05, 0.1) is 11.1 Å². The Morgan fingerprint density at radius 1 is 1.50 bits per heavy atom. The average molecular weight is 323 g/mol. The summed E-state index contributed by atoms with van der Waals surface area (Å²) in [4.78, 5) is 12.5. The molecule has 1 fully saturated rings. The number of benzene rings is 1. The van der Waals surface area contributed by atoms with Crippen molar-refractivity contribution in [1.82, 2.24) is 5.32 Å². The van der Waals surface area contributed by atoms with Gasteiger partial charge in [-0.2, -0.15) is 5.26 Å². The molecule has 22 heavy (non-hydrogen) atoms. The zero-order valence-corrected chi connectivity index (χ0v) is 13.2. The minimum Gasteiger partial charge on any atom is -0.479 e. The first-order valence-electron chi connectivity index (χ1n) is 7.32. The lowest BCUT2D eigenvalue weighted by atomic mass is 9.91. The van der Waals surface area contributed by atoms with Crippen LogP contribution in [0.2, 0.25) is 5.02 Å². The van der Waals surface area contributed by atoms with Crippen LogP contribution in [0.25, 0.3) is 0 Å². The lowest BCUT2D eigenvalue weighted by Crippen LogP contribution is -2.54. The zero-order chi connectivity index (χ0) is 16.0. The maximum atomic E-state index is 12.5. The largest absolute Gasteiger partial charge is 0.479 e. The molecule has 1 aliphatic rings. The molecule has 118 valence electrons. The smallest absolute Gasteiger partial charge is 0.262 e. The van der Waals surface area contributed by atoms with E-state index in [9.17, 15) is 10.1 Å². The molecule has 0 aliphatic carbocycles. The fraction of sp³-hybridized carbons (Fsp3) is 0.500. The Bertz CT molecular complexity index is 565. The maximum absolute atomic E-state index is 12.5. The number of rotatable bonds is 5. The molecule has 5 nitrogen and oxygen atoms in total. The van der Waals surface area contributed by atoms with E-state index in [1.54, 1.807) is 24.3 Å². The number of nitrogens with one attached hydrogen (secondary N) is 1. The van der Waals surface area contributed by atoms with Gasteiger partial charge >= 0.3 is 0 Å². The summed E-state index contributed by atoms with van der Waals surface area (Å²) in [5.41, 5.74) is -0.868. The molecule has 0 saturated carbocycles. The molecular formula is C16H19ClN2O3. The van der Waals surface area contributed by atoms with E-state index in [2.05, 4.69) is 11.4 Å². The molecule has 1 aliphatic heterocycles. The van der Waals surface area contributed by atoms with Crippen LogP contribution in [0.1, 0.15) is 26.2 Å². The molecule has 1 atom stereocenters. The molecule has 0 aromatic heterocycles. The minimum atomic E-state index is -0.868. The van der Waals surface area contributed by atoms with Gasteiger partial charge in [0.15, 0.2) is 6.10 Å². The van der Waals surface area contributed by atoms with Crippen LogP contribution in [-0.4, -0.2) is 30.8 Å². The molecule has 0 radical (unpaired) electrons. The summed E-state index contributed by atoms with van der Waals surface area (Å²) in [5, 5.41) is 12.7. The summed E-state index contributed by atoms with van der Waals surface area (Å²) in [6.07, 6.45) is 0.762. The molecule has 0 spiro atoms. The molecular weight excluding hydrogens is 304 g/mol. The summed E-state index contributed by atoms with van der Waals surface area (Å²) < 4.78 is 11.0. The van der Waals surface area contributed by atoms with E-state index < -0.39 is 11.6 Å². The van der Waals surface area contributed by atoms with Crippen LogP contribution < -0.4 is 10.1 Å². The van der Waals surface area contributed by atoms with Crippen molar-refractivity contribution in [3.05, 3.63) is 29.3 Å². The number of carbonyl (C=O) groups excluding carboxylic acids is 1. The van der Waals surface area contributed by atoms with Crippen LogP contribution in [0.3, 0.4) is 0 Å². The van der Waals surface area contributed by atoms with Crippen LogP contribution in [0.4, 0.5) is 0 Å². The van der Waals surface area contributed by atoms with Crippen LogP contribution in [0, 0.1) is 11.3 Å². The van der Waals surface area contributed by atoms with Crippen LogP contribution >= 0.6 is 11.6 Å². The fourth-order valence-electron chi connectivity index (χ4n) is 2.32. The highest BCUT2D eigenvalue weighted by atomic mass is 35.5. The molecule has 1 aromatic carbocycles. The highest BCUT2D eigenvalue weighted by molar-refractivity contribution is 6.32. The highest BCUT2D eigenvalue weighted by Crippen LogP contribution is 2.25. The predicted molar refractivity (Wildman–Crippen MR) is 82.7 cm³/mol. The van der Waals surface area contributed by atoms with Crippen molar-refractivity contribution < 1.29 is 14.3 Å². The molecule has 2 rings (SSSR count). The standard InChI is InChI=1S/C16H19ClN2O3/c1-2-13(22-14-6-4-3-5-12(14)17)15(20)19-16(11-18)7-9-21-10-8-16/h3-6,13H,2,7-10H2,1H3,(H,19,20)/t13-/m1/s1. The first-order chi connectivity index (χ1) is 10.6. The Labute approximate surface area is 135 Å². The first-order valence-corrected chi connectivity index (χ1v) is 7.70. The lowest BCUT2D eigenvalue weighted by Gasteiger charge is -2.32. The van der Waals surface area contributed by atoms with Crippen molar-refractivity contribution in [2.45, 2.75) is 37.8 Å². The Balaban J connectivity index is 2.06. The Hall–Kier alpha value is -1.77. The Kier molecular flexibility index (Phi) is 5.64. The van der Waals surface area contributed by atoms with Gasteiger partial charge in [-0.05, 0) is 18.6 Å². The van der Waals surface area contributed by atoms with Crippen molar-refractivity contribution >= 4 is 17.5 Å². The third-order valence-corrected chi connectivity index (χ3v) is 4.00. The Morgan fingerprint density at radius 3 is 2.77 bits per heavy atom. The second kappa shape index (κ2) is 7.48. The predicted octanol–water partition coefficient (Wildman–Crippen LogP) is 2.69. The average Bonchev–Trinajstić information content (AvgIpc) is 2.55. The Morgan fingerprint density at radius 2 is 2.18 bits per heavy atom. The topological polar surface area (TPSA) is 71.3 Å². The van der Waals surface area contributed by atoms with Crippen molar-refractivity contribution in [2.24, 2.45) is 0 Å². The van der Waals surface area contributed by atoms with Gasteiger partial charge in [-0.25, -0.2) is 0 Å². The quantitative estimate of drug-likeness (QED) is 0.904. The van der Waals surface area contributed by atoms with Crippen molar-refractivity contribution in [2.75, 3.05) is 13.2 Å². The molecule has 1 amide bonds. The van der Waals surface area contributed by atoms with E-state index in [0.29, 0.717) is 43.2 Å². The second-order valence-corrected chi connectivity index (χ2v) is 5.65. The fourth-order valence-corrected chi connectivity index (χ4v) is 2.50. The summed E-state index contributed by atoms with van der Waals surface area (Å²) in [6, 6.07) is 9.22. The molecule has 0 unspecified atom stereocenters. The van der Waals surface area contributed by atoms with Gasteiger partial charge in [0.2, 0.25) is 0 Å². The summed E-state index contributed by atoms with van der Waals surface area (Å²) in [6.45, 7) is 2.79. The number of hydrogen-bond acceptors (Lipinski definition) is 4. The van der Waals surface area contributed by atoms with Crippen LogP contribution in [0.5, 0.6) is 5.75 Å². The van der Waals surface area contributed by atoms with Gasteiger partial charge in [0.1, 0.15) is 11.3 Å². The number of hydrogen-bond donors (Lipinski definition) is 1. The first kappa shape index (κ1) is 16.6. The third-order valence-electron chi connectivity index (χ3n) is 3.69. The number of nitrogens with zero attached hydrogens (tertiary/aromatic N) is 1. The van der Waals surface area contributed by atoms with Crippen LogP contribution in [0.15, 0.2) is 24.3 Å². The highest BCUT2D eigenvalue weighted by Gasteiger charge is 2.36. The molecule has 1 heterocycles. The molecule has 1 N–H and O–H groups in total. The molecule has 6 heteroatoms. The van der Waals surface area contributed by atoms with Gasteiger partial charge < -0.3 is 14.8 Å². The number of para-hydroxylation sites is 1. The van der Waals surface area contributed by atoms with E-state index in [-0.39, 0.29) is 5.91 Å². The zero-order valence-electron chi connectivity index (χ0n) is 12.5. The van der Waals surface area contributed by atoms with Crippen molar-refractivity contribution in [1.29, 1.82) is 5.26 Å². The normalized spacial score (nSPS) is 18.0. The number of carbonyl (C=O) groups is 1. The number of halogens is 1. The third kappa shape index (κ3) is 3.90. The van der Waals surface area contributed by atoms with Gasteiger partial charge in [-0.1, -0.05) is 30.7 Å². The lowest BCUT2D eigenvalue weighted by molar-refractivity contribution is -0.130. The summed E-state index contributed by atoms with van der Waals surface area (Å²) in [7, 11) is 0. The van der Waals surface area contributed by atoms with E-state index in [0.717, 1.165) is 0 Å². The summed E-state index contributed by atoms with van der Waals surface area (Å²) in [5.74, 6) is 0.162. The molecule has 0 bridgehead atoms. The minimum absolute atomic E-state index is 0.300. The summed E-state index contributed by atoms with van der Waals surface area (Å²) >= 11 is 6.05. The molecule has 1 aromatic rings. The van der Waals surface area contributed by atoms with Crippen molar-refractivity contribution in [3.8, 4) is 11.8 Å². The van der Waals surface area contributed by atoms with Crippen LogP contribution in [-0.2, 0) is 9.53 Å². The monoisotopic (exact) mass is 322 g/mol. The van der Waals surface area contributed by atoms with E-state index >= 15 is 0 Å². The van der Waals surface area contributed by atoms with E-state index in [4.69, 9.17) is 21.1 Å². The number of ether oxygens (including phenoxy) is 2. The second-order valence-electron chi connectivity index (χ2n) is 5.24. The SMILES string of the molecule is CC[C@@H](Oc1ccccc1Cl)C(=O)NC1(C#N)CCOCC1.